The highest BCUT2D eigenvalue weighted by atomic mass is 32.2. The summed E-state index contributed by atoms with van der Waals surface area (Å²) < 4.78 is 5.02. The molecule has 0 aromatic heterocycles. The standard InChI is InChI=1S/C18H24N2O7S/c1-27-15-9-11(4-6-14(15)21)3-2-8-28-10-13(18(25)26)20-16(22)7-5-12(19)17(23)24/h2-4,6,9,12-13,21H,5,7-8,10,19H2,1H3,(H,20,22)(H,23,24)(H,25,26)/b3-2+/t12-,13-/m0/s1. The summed E-state index contributed by atoms with van der Waals surface area (Å²) in [6.45, 7) is 0. The minimum atomic E-state index is -1.21. The Hall–Kier alpha value is -2.72. The van der Waals surface area contributed by atoms with E-state index >= 15 is 0 Å². The van der Waals surface area contributed by atoms with Gasteiger partial charge in [0.2, 0.25) is 5.91 Å². The van der Waals surface area contributed by atoms with Gasteiger partial charge in [0.25, 0.3) is 0 Å². The quantitative estimate of drug-likeness (QED) is 0.314. The van der Waals surface area contributed by atoms with Crippen LogP contribution in [0.5, 0.6) is 11.5 Å². The van der Waals surface area contributed by atoms with Crippen LogP contribution in [0, 0.1) is 0 Å². The molecule has 0 aliphatic carbocycles. The van der Waals surface area contributed by atoms with Gasteiger partial charge in [-0.3, -0.25) is 9.59 Å². The molecule has 0 saturated heterocycles. The maximum absolute atomic E-state index is 11.8. The van der Waals surface area contributed by atoms with Crippen LogP contribution >= 0.6 is 11.8 Å². The molecule has 0 aliphatic rings. The number of benzene rings is 1. The topological polar surface area (TPSA) is 159 Å². The molecule has 10 heteroatoms. The Morgan fingerprint density at radius 1 is 1.29 bits per heavy atom. The van der Waals surface area contributed by atoms with Gasteiger partial charge in [0.15, 0.2) is 11.5 Å². The number of phenols is 1. The van der Waals surface area contributed by atoms with E-state index in [1.54, 1.807) is 18.2 Å². The van der Waals surface area contributed by atoms with E-state index in [-0.39, 0.29) is 24.3 Å². The monoisotopic (exact) mass is 412 g/mol. The molecule has 1 amide bonds. The molecule has 28 heavy (non-hydrogen) atoms. The van der Waals surface area contributed by atoms with E-state index in [9.17, 15) is 24.6 Å². The zero-order valence-electron chi connectivity index (χ0n) is 15.3. The minimum absolute atomic E-state index is 0.0402. The molecule has 0 unspecified atom stereocenters. The summed E-state index contributed by atoms with van der Waals surface area (Å²) in [7, 11) is 1.45. The smallest absolute Gasteiger partial charge is 0.327 e. The highest BCUT2D eigenvalue weighted by molar-refractivity contribution is 7.99. The summed E-state index contributed by atoms with van der Waals surface area (Å²) in [4.78, 5) is 33.7. The van der Waals surface area contributed by atoms with Crippen molar-refractivity contribution in [1.29, 1.82) is 0 Å². The summed E-state index contributed by atoms with van der Waals surface area (Å²) in [5, 5.41) is 29.8. The number of methoxy groups -OCH3 is 1. The third-order valence-electron chi connectivity index (χ3n) is 3.65. The predicted octanol–water partition coefficient (Wildman–Crippen LogP) is 0.909. The van der Waals surface area contributed by atoms with Crippen molar-refractivity contribution in [2.75, 3.05) is 18.6 Å². The summed E-state index contributed by atoms with van der Waals surface area (Å²) in [6, 6.07) is 2.64. The van der Waals surface area contributed by atoms with Gasteiger partial charge in [0.1, 0.15) is 12.1 Å². The molecule has 0 aliphatic heterocycles. The van der Waals surface area contributed by atoms with Gasteiger partial charge in [-0.1, -0.05) is 18.2 Å². The number of carboxylic acids is 2. The van der Waals surface area contributed by atoms with E-state index in [1.807, 2.05) is 6.08 Å². The number of aromatic hydroxyl groups is 1. The number of amides is 1. The van der Waals surface area contributed by atoms with Crippen molar-refractivity contribution in [3.63, 3.8) is 0 Å². The van der Waals surface area contributed by atoms with Gasteiger partial charge in [-0.15, -0.1) is 0 Å². The van der Waals surface area contributed by atoms with Crippen LogP contribution in [0.1, 0.15) is 18.4 Å². The molecule has 2 atom stereocenters. The number of carbonyl (C=O) groups excluding carboxylic acids is 1. The van der Waals surface area contributed by atoms with Crippen LogP contribution in [0.15, 0.2) is 24.3 Å². The zero-order chi connectivity index (χ0) is 21.1. The van der Waals surface area contributed by atoms with Crippen molar-refractivity contribution >= 4 is 35.7 Å². The highest BCUT2D eigenvalue weighted by Gasteiger charge is 2.21. The second-order valence-electron chi connectivity index (χ2n) is 5.81. The summed E-state index contributed by atoms with van der Waals surface area (Å²) in [5.41, 5.74) is 6.13. The van der Waals surface area contributed by atoms with Crippen molar-refractivity contribution in [3.8, 4) is 11.5 Å². The van der Waals surface area contributed by atoms with Crippen LogP contribution in [0.2, 0.25) is 0 Å². The lowest BCUT2D eigenvalue weighted by Gasteiger charge is -2.14. The Bertz CT molecular complexity index is 724. The van der Waals surface area contributed by atoms with Crippen molar-refractivity contribution in [2.24, 2.45) is 5.73 Å². The van der Waals surface area contributed by atoms with E-state index < -0.39 is 29.9 Å². The van der Waals surface area contributed by atoms with Gasteiger partial charge in [0, 0.05) is 17.9 Å². The van der Waals surface area contributed by atoms with Crippen LogP contribution < -0.4 is 15.8 Å². The number of hydrogen-bond acceptors (Lipinski definition) is 7. The predicted molar refractivity (Wildman–Crippen MR) is 105 cm³/mol. The Balaban J connectivity index is 2.43. The van der Waals surface area contributed by atoms with Crippen molar-refractivity contribution in [2.45, 2.75) is 24.9 Å². The number of nitrogens with two attached hydrogens (primary N) is 1. The fourth-order valence-electron chi connectivity index (χ4n) is 2.09. The summed E-state index contributed by atoms with van der Waals surface area (Å²) in [5.74, 6) is -1.89. The van der Waals surface area contributed by atoms with Crippen molar-refractivity contribution < 1.29 is 34.4 Å². The molecule has 0 heterocycles. The van der Waals surface area contributed by atoms with Gasteiger partial charge >= 0.3 is 11.9 Å². The SMILES string of the molecule is COc1cc(/C=C/CSC[C@H](NC(=O)CC[C@H](N)C(=O)O)C(=O)O)ccc1O. The maximum Gasteiger partial charge on any atom is 0.327 e. The second kappa shape index (κ2) is 11.9. The third kappa shape index (κ3) is 8.31. The molecular weight excluding hydrogens is 388 g/mol. The largest absolute Gasteiger partial charge is 0.504 e. The van der Waals surface area contributed by atoms with Gasteiger partial charge in [-0.2, -0.15) is 11.8 Å². The first kappa shape index (κ1) is 23.3. The van der Waals surface area contributed by atoms with E-state index in [0.717, 1.165) is 5.56 Å². The third-order valence-corrected chi connectivity index (χ3v) is 4.64. The zero-order valence-corrected chi connectivity index (χ0v) is 16.1. The van der Waals surface area contributed by atoms with Crippen molar-refractivity contribution in [1.82, 2.24) is 5.32 Å². The van der Waals surface area contributed by atoms with Gasteiger partial charge in [0.05, 0.1) is 7.11 Å². The molecule has 154 valence electrons. The maximum atomic E-state index is 11.8. The van der Waals surface area contributed by atoms with E-state index in [2.05, 4.69) is 5.32 Å². The summed E-state index contributed by atoms with van der Waals surface area (Å²) in [6.07, 6.45) is 3.39. The van der Waals surface area contributed by atoms with Crippen molar-refractivity contribution in [3.05, 3.63) is 29.8 Å². The van der Waals surface area contributed by atoms with E-state index in [0.29, 0.717) is 11.5 Å². The molecule has 0 spiro atoms. The number of aliphatic carboxylic acids is 2. The Morgan fingerprint density at radius 3 is 2.61 bits per heavy atom. The molecule has 0 radical (unpaired) electrons. The highest BCUT2D eigenvalue weighted by Crippen LogP contribution is 2.26. The molecule has 9 nitrogen and oxygen atoms in total. The van der Waals surface area contributed by atoms with Gasteiger partial charge in [-0.05, 0) is 24.1 Å². The molecule has 0 fully saturated rings. The van der Waals surface area contributed by atoms with Gasteiger partial charge < -0.3 is 31.1 Å². The molecular formula is C18H24N2O7S. The number of carbonyl (C=O) groups is 3. The summed E-state index contributed by atoms with van der Waals surface area (Å²) >= 11 is 1.31. The fourth-order valence-corrected chi connectivity index (χ4v) is 2.92. The minimum Gasteiger partial charge on any atom is -0.504 e. The van der Waals surface area contributed by atoms with Crippen LogP contribution in [-0.2, 0) is 14.4 Å². The number of phenolic OH excluding ortho intramolecular Hbond substituents is 1. The lowest BCUT2D eigenvalue weighted by atomic mass is 10.1. The van der Waals surface area contributed by atoms with Gasteiger partial charge in [-0.25, -0.2) is 4.79 Å². The number of hydrogen-bond donors (Lipinski definition) is 5. The fraction of sp³-hybridized carbons (Fsp3) is 0.389. The van der Waals surface area contributed by atoms with Crippen LogP contribution in [0.3, 0.4) is 0 Å². The lowest BCUT2D eigenvalue weighted by Crippen LogP contribution is -2.43. The first-order valence-electron chi connectivity index (χ1n) is 8.36. The molecule has 6 N–H and O–H groups in total. The second-order valence-corrected chi connectivity index (χ2v) is 6.89. The lowest BCUT2D eigenvalue weighted by molar-refractivity contribution is -0.141. The van der Waals surface area contributed by atoms with Crippen LogP contribution in [0.25, 0.3) is 6.08 Å². The number of nitrogens with one attached hydrogen (secondary N) is 1. The average Bonchev–Trinajstić information content (AvgIpc) is 2.65. The molecule has 1 aromatic carbocycles. The van der Waals surface area contributed by atoms with E-state index in [1.165, 1.54) is 24.9 Å². The molecule has 0 saturated carbocycles. The number of rotatable bonds is 12. The molecule has 1 aromatic rings. The van der Waals surface area contributed by atoms with E-state index in [4.69, 9.17) is 15.6 Å². The number of carboxylic acid groups (broad SMARTS) is 2. The molecule has 1 rings (SSSR count). The normalized spacial score (nSPS) is 13.1. The first-order chi connectivity index (χ1) is 13.2. The van der Waals surface area contributed by atoms with Crippen LogP contribution in [-0.4, -0.2) is 63.9 Å². The Labute approximate surface area is 166 Å². The first-order valence-corrected chi connectivity index (χ1v) is 9.52. The average molecular weight is 412 g/mol. The number of ether oxygens (including phenoxy) is 1. The Morgan fingerprint density at radius 2 is 2.00 bits per heavy atom. The van der Waals surface area contributed by atoms with Crippen LogP contribution in [0.4, 0.5) is 0 Å². The number of thioether (sulfide) groups is 1. The Kier molecular flexibility index (Phi) is 9.89. The molecule has 0 bridgehead atoms.